The van der Waals surface area contributed by atoms with Crippen LogP contribution in [0.2, 0.25) is 0 Å². The Morgan fingerprint density at radius 2 is 2.42 bits per heavy atom. The van der Waals surface area contributed by atoms with Crippen molar-refractivity contribution in [2.24, 2.45) is 0 Å². The largest absolute Gasteiger partial charge is 0.311 e. The van der Waals surface area contributed by atoms with Crippen molar-refractivity contribution in [1.29, 1.82) is 0 Å². The number of anilines is 1. The first-order chi connectivity index (χ1) is 5.72. The second kappa shape index (κ2) is 4.07. The van der Waals surface area contributed by atoms with Gasteiger partial charge in [-0.25, -0.2) is 4.98 Å². The van der Waals surface area contributed by atoms with Crippen LogP contribution in [-0.4, -0.2) is 10.9 Å². The Morgan fingerprint density at radius 1 is 1.67 bits per heavy atom. The van der Waals surface area contributed by atoms with Crippen molar-refractivity contribution in [2.75, 3.05) is 5.32 Å². The van der Waals surface area contributed by atoms with E-state index < -0.39 is 0 Å². The van der Waals surface area contributed by atoms with E-state index in [0.717, 1.165) is 5.69 Å². The molecule has 0 aliphatic rings. The van der Waals surface area contributed by atoms with Gasteiger partial charge in [-0.2, -0.15) is 0 Å². The highest BCUT2D eigenvalue weighted by Crippen LogP contribution is 2.06. The second-order valence-corrected chi connectivity index (χ2v) is 2.60. The van der Waals surface area contributed by atoms with E-state index in [1.165, 1.54) is 6.92 Å². The minimum atomic E-state index is -0.130. The first-order valence-electron chi connectivity index (χ1n) is 3.52. The molecule has 1 aromatic rings. The van der Waals surface area contributed by atoms with Crippen molar-refractivity contribution < 1.29 is 4.79 Å². The predicted octanol–water partition coefficient (Wildman–Crippen LogP) is 1.78. The van der Waals surface area contributed by atoms with Crippen LogP contribution in [-0.2, 0) is 10.7 Å². The average molecular weight is 185 g/mol. The van der Waals surface area contributed by atoms with E-state index in [1.807, 2.05) is 0 Å². The van der Waals surface area contributed by atoms with Gasteiger partial charge in [0, 0.05) is 6.92 Å². The van der Waals surface area contributed by atoms with Crippen molar-refractivity contribution in [1.82, 2.24) is 4.98 Å². The maximum absolute atomic E-state index is 10.6. The fourth-order valence-corrected chi connectivity index (χ4v) is 0.953. The summed E-state index contributed by atoms with van der Waals surface area (Å²) in [6, 6.07) is 5.33. The maximum Gasteiger partial charge on any atom is 0.222 e. The van der Waals surface area contributed by atoms with E-state index in [0.29, 0.717) is 11.7 Å². The van der Waals surface area contributed by atoms with Gasteiger partial charge >= 0.3 is 0 Å². The molecule has 64 valence electrons. The lowest BCUT2D eigenvalue weighted by Gasteiger charge is -2.01. The molecule has 0 bridgehead atoms. The predicted molar refractivity (Wildman–Crippen MR) is 48.1 cm³/mol. The lowest BCUT2D eigenvalue weighted by atomic mass is 10.4. The van der Waals surface area contributed by atoms with Crippen molar-refractivity contribution in [2.45, 2.75) is 12.8 Å². The number of halogens is 1. The standard InChI is InChI=1S/C8H9ClN2O/c1-6(12)10-8-4-2-3-7(5-9)11-8/h2-4H,5H2,1H3,(H,10,11,12). The van der Waals surface area contributed by atoms with Gasteiger partial charge in [0.2, 0.25) is 5.91 Å². The quantitative estimate of drug-likeness (QED) is 0.712. The molecule has 4 heteroatoms. The molecule has 1 heterocycles. The van der Waals surface area contributed by atoms with Crippen LogP contribution in [0, 0.1) is 0 Å². The van der Waals surface area contributed by atoms with Crippen LogP contribution < -0.4 is 5.32 Å². The zero-order chi connectivity index (χ0) is 8.97. The molecule has 0 radical (unpaired) electrons. The second-order valence-electron chi connectivity index (χ2n) is 2.33. The average Bonchev–Trinajstić information content (AvgIpc) is 2.03. The van der Waals surface area contributed by atoms with Gasteiger partial charge in [0.15, 0.2) is 0 Å². The Hall–Kier alpha value is -1.09. The number of carbonyl (C=O) groups is 1. The smallest absolute Gasteiger partial charge is 0.222 e. The van der Waals surface area contributed by atoms with Crippen LogP contribution in [0.15, 0.2) is 18.2 Å². The van der Waals surface area contributed by atoms with Crippen LogP contribution in [0.3, 0.4) is 0 Å². The molecule has 0 aliphatic carbocycles. The van der Waals surface area contributed by atoms with E-state index in [-0.39, 0.29) is 5.91 Å². The number of carbonyl (C=O) groups excluding carboxylic acids is 1. The molecular weight excluding hydrogens is 176 g/mol. The number of pyridine rings is 1. The summed E-state index contributed by atoms with van der Waals surface area (Å²) >= 11 is 5.56. The lowest BCUT2D eigenvalue weighted by Crippen LogP contribution is -2.07. The van der Waals surface area contributed by atoms with Crippen LogP contribution >= 0.6 is 11.6 Å². The maximum atomic E-state index is 10.6. The normalized spacial score (nSPS) is 9.50. The highest BCUT2D eigenvalue weighted by molar-refractivity contribution is 6.16. The Kier molecular flexibility index (Phi) is 3.05. The number of aromatic nitrogens is 1. The van der Waals surface area contributed by atoms with Crippen LogP contribution in [0.5, 0.6) is 0 Å². The molecule has 1 N–H and O–H groups in total. The zero-order valence-electron chi connectivity index (χ0n) is 6.67. The summed E-state index contributed by atoms with van der Waals surface area (Å²) < 4.78 is 0. The van der Waals surface area contributed by atoms with E-state index in [2.05, 4.69) is 10.3 Å². The van der Waals surface area contributed by atoms with Gasteiger partial charge in [0.1, 0.15) is 5.82 Å². The van der Waals surface area contributed by atoms with Crippen LogP contribution in [0.1, 0.15) is 12.6 Å². The van der Waals surface area contributed by atoms with Crippen molar-refractivity contribution >= 4 is 23.3 Å². The fraction of sp³-hybridized carbons (Fsp3) is 0.250. The molecule has 12 heavy (non-hydrogen) atoms. The van der Waals surface area contributed by atoms with E-state index in [9.17, 15) is 4.79 Å². The molecule has 0 saturated carbocycles. The monoisotopic (exact) mass is 184 g/mol. The third kappa shape index (κ3) is 2.51. The number of amides is 1. The number of alkyl halides is 1. The third-order valence-electron chi connectivity index (χ3n) is 1.25. The van der Waals surface area contributed by atoms with Gasteiger partial charge in [0.25, 0.3) is 0 Å². The molecule has 0 aliphatic heterocycles. The summed E-state index contributed by atoms with van der Waals surface area (Å²) in [6.45, 7) is 1.44. The number of rotatable bonds is 2. The van der Waals surface area contributed by atoms with Gasteiger partial charge in [-0.3, -0.25) is 4.79 Å². The molecular formula is C8H9ClN2O. The van der Waals surface area contributed by atoms with Crippen molar-refractivity contribution in [3.05, 3.63) is 23.9 Å². The lowest BCUT2D eigenvalue weighted by molar-refractivity contribution is -0.114. The van der Waals surface area contributed by atoms with Crippen LogP contribution in [0.25, 0.3) is 0 Å². The van der Waals surface area contributed by atoms with Gasteiger partial charge in [-0.15, -0.1) is 11.6 Å². The Balaban J connectivity index is 2.79. The number of nitrogens with zero attached hydrogens (tertiary/aromatic N) is 1. The summed E-state index contributed by atoms with van der Waals surface area (Å²) in [4.78, 5) is 14.7. The van der Waals surface area contributed by atoms with Gasteiger partial charge < -0.3 is 5.32 Å². The number of nitrogens with one attached hydrogen (secondary N) is 1. The molecule has 0 unspecified atom stereocenters. The Morgan fingerprint density at radius 3 is 3.00 bits per heavy atom. The summed E-state index contributed by atoms with van der Waals surface area (Å²) in [7, 11) is 0. The summed E-state index contributed by atoms with van der Waals surface area (Å²) in [6.07, 6.45) is 0. The van der Waals surface area contributed by atoms with E-state index in [4.69, 9.17) is 11.6 Å². The molecule has 0 saturated heterocycles. The van der Waals surface area contributed by atoms with E-state index in [1.54, 1.807) is 18.2 Å². The molecule has 0 fully saturated rings. The highest BCUT2D eigenvalue weighted by Gasteiger charge is 1.97. The van der Waals surface area contributed by atoms with Gasteiger partial charge in [-0.1, -0.05) is 6.07 Å². The molecule has 1 amide bonds. The van der Waals surface area contributed by atoms with Gasteiger partial charge in [-0.05, 0) is 12.1 Å². The molecule has 0 atom stereocenters. The SMILES string of the molecule is CC(=O)Nc1cccc(CCl)n1. The minimum absolute atomic E-state index is 0.130. The topological polar surface area (TPSA) is 42.0 Å². The molecule has 1 aromatic heterocycles. The zero-order valence-corrected chi connectivity index (χ0v) is 7.43. The number of hydrogen-bond donors (Lipinski definition) is 1. The summed E-state index contributed by atoms with van der Waals surface area (Å²) in [5.74, 6) is 0.767. The molecule has 0 aromatic carbocycles. The Labute approximate surface area is 75.8 Å². The van der Waals surface area contributed by atoms with Gasteiger partial charge in [0.05, 0.1) is 11.6 Å². The summed E-state index contributed by atoms with van der Waals surface area (Å²) in [5.41, 5.74) is 0.753. The van der Waals surface area contributed by atoms with Crippen molar-refractivity contribution in [3.8, 4) is 0 Å². The molecule has 1 rings (SSSR count). The number of hydrogen-bond acceptors (Lipinski definition) is 2. The third-order valence-corrected chi connectivity index (χ3v) is 1.52. The first kappa shape index (κ1) is 9.00. The minimum Gasteiger partial charge on any atom is -0.311 e. The van der Waals surface area contributed by atoms with Crippen LogP contribution in [0.4, 0.5) is 5.82 Å². The Bertz CT molecular complexity index is 288. The highest BCUT2D eigenvalue weighted by atomic mass is 35.5. The summed E-state index contributed by atoms with van der Waals surface area (Å²) in [5, 5.41) is 2.57. The molecule has 3 nitrogen and oxygen atoms in total. The fourth-order valence-electron chi connectivity index (χ4n) is 0.804. The van der Waals surface area contributed by atoms with E-state index >= 15 is 0 Å². The molecule has 0 spiro atoms. The van der Waals surface area contributed by atoms with Crippen molar-refractivity contribution in [3.63, 3.8) is 0 Å². The first-order valence-corrected chi connectivity index (χ1v) is 4.05.